The van der Waals surface area contributed by atoms with Crippen molar-refractivity contribution in [1.29, 1.82) is 0 Å². The summed E-state index contributed by atoms with van der Waals surface area (Å²) in [4.78, 5) is 25.2. The Morgan fingerprint density at radius 1 is 1.24 bits per heavy atom. The van der Waals surface area contributed by atoms with E-state index in [2.05, 4.69) is 20.4 Å². The molecule has 1 aromatic heterocycles. The molecule has 10 nitrogen and oxygen atoms in total. The van der Waals surface area contributed by atoms with E-state index < -0.39 is 4.92 Å². The number of hydrogen-bond acceptors (Lipinski definition) is 8. The zero-order chi connectivity index (χ0) is 23.4. The topological polar surface area (TPSA) is 115 Å². The van der Waals surface area contributed by atoms with Crippen LogP contribution in [-0.2, 0) is 9.53 Å². The van der Waals surface area contributed by atoms with Crippen molar-refractivity contribution >= 4 is 46.6 Å². The fraction of sp³-hybridized carbons (Fsp3) is 0.286. The molecule has 0 saturated carbocycles. The average Bonchev–Trinajstić information content (AvgIpc) is 3.23. The van der Waals surface area contributed by atoms with Gasteiger partial charge in [0.15, 0.2) is 5.16 Å². The molecule has 172 valence electrons. The molecule has 0 atom stereocenters. The van der Waals surface area contributed by atoms with E-state index in [0.717, 1.165) is 11.3 Å². The Bertz CT molecular complexity index is 1180. The van der Waals surface area contributed by atoms with E-state index in [1.807, 2.05) is 35.8 Å². The number of carbonyl (C=O) groups is 1. The van der Waals surface area contributed by atoms with Crippen LogP contribution in [0.15, 0.2) is 47.6 Å². The maximum atomic E-state index is 12.6. The molecule has 0 spiro atoms. The number of morpholine rings is 1. The first-order valence-electron chi connectivity index (χ1n) is 10.1. The van der Waals surface area contributed by atoms with Gasteiger partial charge in [0.2, 0.25) is 11.9 Å². The number of rotatable bonds is 7. The molecule has 33 heavy (non-hydrogen) atoms. The predicted octanol–water partition coefficient (Wildman–Crippen LogP) is 3.70. The number of anilines is 2. The number of hydrogen-bond donors (Lipinski definition) is 1. The molecule has 1 amide bonds. The number of halogens is 1. The normalized spacial score (nSPS) is 13.7. The smallest absolute Gasteiger partial charge is 0.289 e. The summed E-state index contributed by atoms with van der Waals surface area (Å²) >= 11 is 7.07. The molecule has 2 aromatic carbocycles. The molecule has 1 saturated heterocycles. The van der Waals surface area contributed by atoms with Crippen LogP contribution in [0.3, 0.4) is 0 Å². The molecule has 0 unspecified atom stereocenters. The molecule has 1 aliphatic heterocycles. The van der Waals surface area contributed by atoms with Crippen molar-refractivity contribution in [1.82, 2.24) is 14.8 Å². The summed E-state index contributed by atoms with van der Waals surface area (Å²) in [7, 11) is 0. The van der Waals surface area contributed by atoms with E-state index in [-0.39, 0.29) is 22.4 Å². The highest BCUT2D eigenvalue weighted by atomic mass is 35.5. The third kappa shape index (κ3) is 5.27. The third-order valence-electron chi connectivity index (χ3n) is 5.03. The minimum Gasteiger partial charge on any atom is -0.378 e. The number of aromatic nitrogens is 3. The Kier molecular flexibility index (Phi) is 7.11. The first-order valence-corrected chi connectivity index (χ1v) is 11.5. The van der Waals surface area contributed by atoms with Gasteiger partial charge in [0.1, 0.15) is 5.02 Å². The number of nitro benzene ring substituents is 1. The van der Waals surface area contributed by atoms with Crippen LogP contribution in [0.5, 0.6) is 0 Å². The fourth-order valence-corrected chi connectivity index (χ4v) is 4.33. The largest absolute Gasteiger partial charge is 0.378 e. The molecular formula is C21H21ClN6O4S. The Morgan fingerprint density at radius 2 is 2.00 bits per heavy atom. The second-order valence-corrected chi connectivity index (χ2v) is 8.61. The van der Waals surface area contributed by atoms with Gasteiger partial charge in [-0.15, -0.1) is 10.2 Å². The van der Waals surface area contributed by atoms with E-state index in [1.165, 1.54) is 30.0 Å². The molecule has 1 aliphatic rings. The van der Waals surface area contributed by atoms with Crippen LogP contribution < -0.4 is 10.2 Å². The third-order valence-corrected chi connectivity index (χ3v) is 6.27. The summed E-state index contributed by atoms with van der Waals surface area (Å²) in [5.41, 5.74) is 2.01. The van der Waals surface area contributed by atoms with Crippen LogP contribution in [0.25, 0.3) is 5.69 Å². The molecule has 2 heterocycles. The van der Waals surface area contributed by atoms with E-state index in [0.29, 0.717) is 43.1 Å². The maximum Gasteiger partial charge on any atom is 0.289 e. The molecule has 0 radical (unpaired) electrons. The Hall–Kier alpha value is -3.15. The number of ether oxygens (including phenoxy) is 1. The van der Waals surface area contributed by atoms with Gasteiger partial charge in [-0.1, -0.05) is 41.6 Å². The molecular weight excluding hydrogens is 468 g/mol. The molecule has 4 rings (SSSR count). The standard InChI is InChI=1S/C21H21ClN6O4S/c1-14-4-2-3-5-17(14)27-20(26-8-10-32-11-9-26)24-25-21(27)33-13-19(29)23-15-6-7-16(22)18(12-15)28(30)31/h2-7,12H,8-11,13H2,1H3,(H,23,29). The van der Waals surface area contributed by atoms with Crippen LogP contribution in [0.2, 0.25) is 5.02 Å². The first-order chi connectivity index (χ1) is 15.9. The van der Waals surface area contributed by atoms with Crippen LogP contribution in [0.1, 0.15) is 5.56 Å². The van der Waals surface area contributed by atoms with Gasteiger partial charge < -0.3 is 15.0 Å². The van der Waals surface area contributed by atoms with Crippen molar-refractivity contribution in [3.8, 4) is 5.69 Å². The van der Waals surface area contributed by atoms with Gasteiger partial charge in [-0.25, -0.2) is 0 Å². The summed E-state index contributed by atoms with van der Waals surface area (Å²) in [5.74, 6) is 0.413. The number of carbonyl (C=O) groups excluding carboxylic acids is 1. The number of benzene rings is 2. The molecule has 1 N–H and O–H groups in total. The molecule has 0 bridgehead atoms. The summed E-state index contributed by atoms with van der Waals surface area (Å²) in [6, 6.07) is 12.0. The monoisotopic (exact) mass is 488 g/mol. The van der Waals surface area contributed by atoms with Gasteiger partial charge in [-0.05, 0) is 30.7 Å². The Balaban J connectivity index is 1.54. The highest BCUT2D eigenvalue weighted by Gasteiger charge is 2.23. The Morgan fingerprint density at radius 3 is 2.73 bits per heavy atom. The van der Waals surface area contributed by atoms with Crippen LogP contribution in [0, 0.1) is 17.0 Å². The van der Waals surface area contributed by atoms with Crippen LogP contribution in [-0.4, -0.2) is 57.7 Å². The lowest BCUT2D eigenvalue weighted by molar-refractivity contribution is -0.384. The highest BCUT2D eigenvalue weighted by molar-refractivity contribution is 7.99. The SMILES string of the molecule is Cc1ccccc1-n1c(SCC(=O)Nc2ccc(Cl)c([N+](=O)[O-])c2)nnc1N1CCOCC1. The van der Waals surface area contributed by atoms with Gasteiger partial charge in [-0.3, -0.25) is 19.5 Å². The van der Waals surface area contributed by atoms with Gasteiger partial charge in [-0.2, -0.15) is 0 Å². The van der Waals surface area contributed by atoms with Crippen LogP contribution >= 0.6 is 23.4 Å². The first kappa shape index (κ1) is 23.0. The van der Waals surface area contributed by atoms with E-state index in [9.17, 15) is 14.9 Å². The Labute approximate surface area is 199 Å². The van der Waals surface area contributed by atoms with Gasteiger partial charge in [0.05, 0.1) is 29.6 Å². The minimum absolute atomic E-state index is 0.00866. The zero-order valence-electron chi connectivity index (χ0n) is 17.7. The second-order valence-electron chi connectivity index (χ2n) is 7.26. The number of nitrogens with one attached hydrogen (secondary N) is 1. The van der Waals surface area contributed by atoms with Crippen molar-refractivity contribution < 1.29 is 14.5 Å². The number of thioether (sulfide) groups is 1. The minimum atomic E-state index is -0.593. The maximum absolute atomic E-state index is 12.6. The lowest BCUT2D eigenvalue weighted by Crippen LogP contribution is -2.38. The van der Waals surface area contributed by atoms with Crippen molar-refractivity contribution in [2.24, 2.45) is 0 Å². The van der Waals surface area contributed by atoms with Crippen molar-refractivity contribution in [3.05, 3.63) is 63.2 Å². The van der Waals surface area contributed by atoms with Crippen molar-refractivity contribution in [3.63, 3.8) is 0 Å². The average molecular weight is 489 g/mol. The van der Waals surface area contributed by atoms with Gasteiger partial charge in [0.25, 0.3) is 5.69 Å². The van der Waals surface area contributed by atoms with Crippen molar-refractivity contribution in [2.45, 2.75) is 12.1 Å². The highest BCUT2D eigenvalue weighted by Crippen LogP contribution is 2.30. The molecule has 1 fully saturated rings. The molecule has 12 heteroatoms. The summed E-state index contributed by atoms with van der Waals surface area (Å²) < 4.78 is 7.41. The molecule has 0 aliphatic carbocycles. The lowest BCUT2D eigenvalue weighted by atomic mass is 10.2. The zero-order valence-corrected chi connectivity index (χ0v) is 19.3. The molecule has 3 aromatic rings. The van der Waals surface area contributed by atoms with Crippen molar-refractivity contribution in [2.75, 3.05) is 42.3 Å². The van der Waals surface area contributed by atoms with Crippen LogP contribution in [0.4, 0.5) is 17.3 Å². The van der Waals surface area contributed by atoms with E-state index >= 15 is 0 Å². The van der Waals surface area contributed by atoms with E-state index in [4.69, 9.17) is 16.3 Å². The number of para-hydroxylation sites is 1. The number of nitrogens with zero attached hydrogens (tertiary/aromatic N) is 5. The number of nitro groups is 1. The number of amides is 1. The fourth-order valence-electron chi connectivity index (χ4n) is 3.41. The van der Waals surface area contributed by atoms with E-state index in [1.54, 1.807) is 0 Å². The summed E-state index contributed by atoms with van der Waals surface area (Å²) in [6.07, 6.45) is 0. The predicted molar refractivity (Wildman–Crippen MR) is 127 cm³/mol. The quantitative estimate of drug-likeness (QED) is 0.304. The summed E-state index contributed by atoms with van der Waals surface area (Å²) in [5, 5.41) is 23.1. The summed E-state index contributed by atoms with van der Waals surface area (Å²) in [6.45, 7) is 4.62. The van der Waals surface area contributed by atoms with Gasteiger partial charge in [0, 0.05) is 24.8 Å². The van der Waals surface area contributed by atoms with Gasteiger partial charge >= 0.3 is 0 Å². The lowest BCUT2D eigenvalue weighted by Gasteiger charge is -2.28. The number of aryl methyl sites for hydroxylation is 1. The second kappa shape index (κ2) is 10.2.